The van der Waals surface area contributed by atoms with Crippen LogP contribution in [0, 0.1) is 17.8 Å². The van der Waals surface area contributed by atoms with Gasteiger partial charge in [0.05, 0.1) is 16.0 Å². The van der Waals surface area contributed by atoms with Crippen LogP contribution in [0.2, 0.25) is 0 Å². The molecule has 23 heavy (non-hydrogen) atoms. The highest BCUT2D eigenvalue weighted by atomic mass is 32.2. The van der Waals surface area contributed by atoms with Crippen LogP contribution < -0.4 is 5.32 Å². The fraction of sp³-hybridized carbons (Fsp3) is 0.556. The SMILES string of the molecule is C[C@@H](NC(=O)CSc1nc2ccccc2s1)[C@H]1C[C@H]2CC[C@H]1C2. The molecule has 1 amide bonds. The second-order valence-corrected chi connectivity index (χ2v) is 9.18. The van der Waals surface area contributed by atoms with Crippen LogP contribution in [0.25, 0.3) is 10.2 Å². The first-order valence-corrected chi connectivity index (χ1v) is 10.3. The molecule has 4 atom stereocenters. The fourth-order valence-electron chi connectivity index (χ4n) is 4.35. The fourth-order valence-corrected chi connectivity index (χ4v) is 6.23. The predicted octanol–water partition coefficient (Wildman–Crippen LogP) is 4.33. The molecular weight excluding hydrogens is 324 g/mol. The minimum Gasteiger partial charge on any atom is -0.353 e. The monoisotopic (exact) mass is 346 g/mol. The Labute approximate surface area is 145 Å². The summed E-state index contributed by atoms with van der Waals surface area (Å²) >= 11 is 3.21. The molecule has 5 heteroatoms. The van der Waals surface area contributed by atoms with Crippen molar-refractivity contribution in [2.45, 2.75) is 43.0 Å². The van der Waals surface area contributed by atoms with Crippen molar-refractivity contribution in [1.29, 1.82) is 0 Å². The molecule has 122 valence electrons. The molecule has 0 spiro atoms. The van der Waals surface area contributed by atoms with E-state index in [4.69, 9.17) is 0 Å². The molecule has 0 radical (unpaired) electrons. The Bertz CT molecular complexity index is 681. The number of carbonyl (C=O) groups excluding carboxylic acids is 1. The van der Waals surface area contributed by atoms with Crippen molar-refractivity contribution in [2.24, 2.45) is 17.8 Å². The van der Waals surface area contributed by atoms with Crippen molar-refractivity contribution in [2.75, 3.05) is 5.75 Å². The molecule has 1 heterocycles. The van der Waals surface area contributed by atoms with Crippen molar-refractivity contribution in [3.05, 3.63) is 24.3 Å². The van der Waals surface area contributed by atoms with E-state index in [1.807, 2.05) is 18.2 Å². The number of nitrogens with one attached hydrogen (secondary N) is 1. The number of thioether (sulfide) groups is 1. The van der Waals surface area contributed by atoms with E-state index in [2.05, 4.69) is 23.3 Å². The molecule has 1 N–H and O–H groups in total. The summed E-state index contributed by atoms with van der Waals surface area (Å²) in [6, 6.07) is 8.44. The van der Waals surface area contributed by atoms with E-state index >= 15 is 0 Å². The molecular formula is C18H22N2OS2. The first-order valence-electron chi connectivity index (χ1n) is 8.47. The number of hydrogen-bond donors (Lipinski definition) is 1. The van der Waals surface area contributed by atoms with Gasteiger partial charge in [0.15, 0.2) is 4.34 Å². The van der Waals surface area contributed by atoms with Crippen LogP contribution in [0.4, 0.5) is 0 Å². The number of rotatable bonds is 5. The number of aromatic nitrogens is 1. The molecule has 2 aliphatic rings. The van der Waals surface area contributed by atoms with Crippen LogP contribution in [0.3, 0.4) is 0 Å². The Balaban J connectivity index is 1.30. The molecule has 2 saturated carbocycles. The lowest BCUT2D eigenvalue weighted by atomic mass is 9.84. The van der Waals surface area contributed by atoms with Gasteiger partial charge in [0.2, 0.25) is 5.91 Å². The Hall–Kier alpha value is -1.07. The average molecular weight is 347 g/mol. The Kier molecular flexibility index (Phi) is 4.33. The van der Waals surface area contributed by atoms with E-state index in [0.29, 0.717) is 17.7 Å². The Morgan fingerprint density at radius 2 is 2.26 bits per heavy atom. The summed E-state index contributed by atoms with van der Waals surface area (Å²) in [6.45, 7) is 2.19. The van der Waals surface area contributed by atoms with Gasteiger partial charge < -0.3 is 5.32 Å². The number of nitrogens with zero attached hydrogens (tertiary/aromatic N) is 1. The van der Waals surface area contributed by atoms with Crippen molar-refractivity contribution in [3.63, 3.8) is 0 Å². The third-order valence-electron chi connectivity index (χ3n) is 5.42. The van der Waals surface area contributed by atoms with Gasteiger partial charge in [0, 0.05) is 6.04 Å². The molecule has 1 aromatic carbocycles. The standard InChI is InChI=1S/C18H22N2OS2/c1-11(14-9-12-6-7-13(14)8-12)19-17(21)10-22-18-20-15-4-2-3-5-16(15)23-18/h2-5,11-14H,6-10H2,1H3,(H,19,21)/t11-,12+,13+,14-/m1/s1. The van der Waals surface area contributed by atoms with Crippen LogP contribution in [0.15, 0.2) is 28.6 Å². The minimum atomic E-state index is 0.143. The summed E-state index contributed by atoms with van der Waals surface area (Å²) in [5.74, 6) is 3.09. The zero-order valence-corrected chi connectivity index (χ0v) is 15.0. The van der Waals surface area contributed by atoms with Crippen LogP contribution in [0.1, 0.15) is 32.6 Å². The summed E-state index contributed by atoms with van der Waals surface area (Å²) < 4.78 is 2.17. The zero-order chi connectivity index (χ0) is 15.8. The molecule has 3 nitrogen and oxygen atoms in total. The maximum Gasteiger partial charge on any atom is 0.230 e. The van der Waals surface area contributed by atoms with E-state index in [1.165, 1.54) is 30.4 Å². The van der Waals surface area contributed by atoms with Gasteiger partial charge in [0.25, 0.3) is 0 Å². The van der Waals surface area contributed by atoms with Gasteiger partial charge in [-0.25, -0.2) is 4.98 Å². The maximum atomic E-state index is 12.2. The average Bonchev–Trinajstić information content (AvgIpc) is 3.26. The van der Waals surface area contributed by atoms with Gasteiger partial charge in [0.1, 0.15) is 0 Å². The number of benzene rings is 1. The van der Waals surface area contributed by atoms with Crippen molar-refractivity contribution < 1.29 is 4.79 Å². The second-order valence-electron chi connectivity index (χ2n) is 6.93. The van der Waals surface area contributed by atoms with Gasteiger partial charge in [-0.2, -0.15) is 0 Å². The third-order valence-corrected chi connectivity index (χ3v) is 7.60. The smallest absolute Gasteiger partial charge is 0.230 e. The Morgan fingerprint density at radius 1 is 1.39 bits per heavy atom. The van der Waals surface area contributed by atoms with E-state index in [9.17, 15) is 4.79 Å². The zero-order valence-electron chi connectivity index (χ0n) is 13.3. The second kappa shape index (κ2) is 6.44. The van der Waals surface area contributed by atoms with Crippen LogP contribution in [-0.4, -0.2) is 22.7 Å². The highest BCUT2D eigenvalue weighted by Gasteiger charge is 2.42. The van der Waals surface area contributed by atoms with Gasteiger partial charge in [-0.1, -0.05) is 30.3 Å². The van der Waals surface area contributed by atoms with E-state index in [1.54, 1.807) is 23.1 Å². The molecule has 1 aromatic heterocycles. The topological polar surface area (TPSA) is 42.0 Å². The van der Waals surface area contributed by atoms with Gasteiger partial charge in [-0.05, 0) is 56.1 Å². The minimum absolute atomic E-state index is 0.143. The lowest BCUT2D eigenvalue weighted by molar-refractivity contribution is -0.119. The third kappa shape index (κ3) is 3.26. The van der Waals surface area contributed by atoms with Gasteiger partial charge >= 0.3 is 0 Å². The van der Waals surface area contributed by atoms with E-state index < -0.39 is 0 Å². The van der Waals surface area contributed by atoms with E-state index in [0.717, 1.165) is 21.7 Å². The first kappa shape index (κ1) is 15.5. The highest BCUT2D eigenvalue weighted by Crippen LogP contribution is 2.49. The number of amides is 1. The van der Waals surface area contributed by atoms with E-state index in [-0.39, 0.29) is 5.91 Å². The molecule has 0 saturated heterocycles. The molecule has 0 aliphatic heterocycles. The molecule has 2 aliphatic carbocycles. The molecule has 4 rings (SSSR count). The summed E-state index contributed by atoms with van der Waals surface area (Å²) in [5.41, 5.74) is 1.02. The van der Waals surface area contributed by atoms with Crippen LogP contribution in [0.5, 0.6) is 0 Å². The van der Waals surface area contributed by atoms with Crippen molar-refractivity contribution in [3.8, 4) is 0 Å². The van der Waals surface area contributed by atoms with Crippen molar-refractivity contribution >= 4 is 39.2 Å². The van der Waals surface area contributed by atoms with Gasteiger partial charge in [-0.15, -0.1) is 11.3 Å². The number of thiazole rings is 1. The molecule has 2 aromatic rings. The molecule has 2 fully saturated rings. The Morgan fingerprint density at radius 3 is 3.00 bits per heavy atom. The highest BCUT2D eigenvalue weighted by molar-refractivity contribution is 8.01. The van der Waals surface area contributed by atoms with Crippen LogP contribution in [-0.2, 0) is 4.79 Å². The summed E-state index contributed by atoms with van der Waals surface area (Å²) in [7, 11) is 0. The maximum absolute atomic E-state index is 12.2. The summed E-state index contributed by atoms with van der Waals surface area (Å²) in [6.07, 6.45) is 5.49. The lowest BCUT2D eigenvalue weighted by Gasteiger charge is -2.28. The number of fused-ring (bicyclic) bond motifs is 3. The van der Waals surface area contributed by atoms with Gasteiger partial charge in [-0.3, -0.25) is 4.79 Å². The molecule has 2 bridgehead atoms. The lowest BCUT2D eigenvalue weighted by Crippen LogP contribution is -2.40. The van der Waals surface area contributed by atoms with Crippen LogP contribution >= 0.6 is 23.1 Å². The quantitative estimate of drug-likeness (QED) is 0.819. The number of para-hydroxylation sites is 1. The normalized spacial score (nSPS) is 27.4. The number of hydrogen-bond acceptors (Lipinski definition) is 4. The largest absolute Gasteiger partial charge is 0.353 e. The summed E-state index contributed by atoms with van der Waals surface area (Å²) in [4.78, 5) is 16.8. The van der Waals surface area contributed by atoms with Crippen molar-refractivity contribution in [1.82, 2.24) is 10.3 Å². The first-order chi connectivity index (χ1) is 11.2. The predicted molar refractivity (Wildman–Crippen MR) is 96.9 cm³/mol. The summed E-state index contributed by atoms with van der Waals surface area (Å²) in [5, 5.41) is 3.23. The molecule has 0 unspecified atom stereocenters. The number of carbonyl (C=O) groups is 1.